The summed E-state index contributed by atoms with van der Waals surface area (Å²) in [6, 6.07) is 5.40. The van der Waals surface area contributed by atoms with Crippen molar-refractivity contribution in [3.63, 3.8) is 0 Å². The summed E-state index contributed by atoms with van der Waals surface area (Å²) in [5.41, 5.74) is 0.415. The van der Waals surface area contributed by atoms with Crippen LogP contribution in [-0.2, 0) is 9.53 Å². The van der Waals surface area contributed by atoms with E-state index in [2.05, 4.69) is 10.1 Å². The fourth-order valence-electron chi connectivity index (χ4n) is 1.88. The third-order valence-electron chi connectivity index (χ3n) is 2.82. The van der Waals surface area contributed by atoms with Crippen molar-refractivity contribution in [1.29, 1.82) is 0 Å². The van der Waals surface area contributed by atoms with Gasteiger partial charge in [0.1, 0.15) is 12.4 Å². The van der Waals surface area contributed by atoms with Crippen LogP contribution >= 0.6 is 0 Å². The Kier molecular flexibility index (Phi) is 3.45. The largest absolute Gasteiger partial charge is 0.468 e. The van der Waals surface area contributed by atoms with Crippen LogP contribution in [0.4, 0.5) is 9.18 Å². The summed E-state index contributed by atoms with van der Waals surface area (Å²) in [4.78, 5) is 24.0. The molecule has 1 fully saturated rings. The summed E-state index contributed by atoms with van der Waals surface area (Å²) in [7, 11) is 1.25. The highest BCUT2D eigenvalue weighted by molar-refractivity contribution is 5.82. The van der Waals surface area contributed by atoms with Crippen molar-refractivity contribution in [3.05, 3.63) is 35.6 Å². The minimum atomic E-state index is -0.501. The number of nitrogens with one attached hydrogen (secondary N) is 1. The Morgan fingerprint density at radius 1 is 1.56 bits per heavy atom. The predicted octanol–water partition coefficient (Wildman–Crippen LogP) is 1.06. The maximum absolute atomic E-state index is 13.6. The molecule has 1 aromatic carbocycles. The van der Waals surface area contributed by atoms with Crippen LogP contribution in [0.1, 0.15) is 11.6 Å². The van der Waals surface area contributed by atoms with Crippen LogP contribution in [0.5, 0.6) is 0 Å². The number of carbonyl (C=O) groups is 2. The molecule has 5 nitrogen and oxygen atoms in total. The highest BCUT2D eigenvalue weighted by atomic mass is 19.1. The number of carbonyl (C=O) groups excluding carboxylic acids is 2. The molecule has 96 valence electrons. The van der Waals surface area contributed by atoms with Crippen molar-refractivity contribution in [1.82, 2.24) is 10.2 Å². The normalized spacial score (nSPS) is 18.7. The number of urea groups is 1. The maximum Gasteiger partial charge on any atom is 0.325 e. The van der Waals surface area contributed by atoms with E-state index >= 15 is 0 Å². The molecule has 0 spiro atoms. The van der Waals surface area contributed by atoms with Gasteiger partial charge < -0.3 is 15.0 Å². The SMILES string of the molecule is COC(=O)CN1CC(c2ccccc2F)NC1=O. The quantitative estimate of drug-likeness (QED) is 0.818. The van der Waals surface area contributed by atoms with Gasteiger partial charge in [-0.2, -0.15) is 0 Å². The molecule has 0 saturated carbocycles. The van der Waals surface area contributed by atoms with Gasteiger partial charge in [-0.3, -0.25) is 4.79 Å². The van der Waals surface area contributed by atoms with E-state index in [9.17, 15) is 14.0 Å². The summed E-state index contributed by atoms with van der Waals surface area (Å²) in [6.45, 7) is 0.113. The Bertz CT molecular complexity index is 478. The second-order valence-electron chi connectivity index (χ2n) is 3.98. The van der Waals surface area contributed by atoms with Gasteiger partial charge in [-0.15, -0.1) is 0 Å². The minimum absolute atomic E-state index is 0.132. The molecule has 0 radical (unpaired) electrons. The molecule has 1 atom stereocenters. The van der Waals surface area contributed by atoms with Crippen LogP contribution in [0.15, 0.2) is 24.3 Å². The molecule has 0 bridgehead atoms. The van der Waals surface area contributed by atoms with Crippen molar-refractivity contribution >= 4 is 12.0 Å². The second kappa shape index (κ2) is 5.03. The van der Waals surface area contributed by atoms with Crippen LogP contribution < -0.4 is 5.32 Å². The van der Waals surface area contributed by atoms with Crippen molar-refractivity contribution in [2.45, 2.75) is 6.04 Å². The van der Waals surface area contributed by atoms with Crippen molar-refractivity contribution in [2.75, 3.05) is 20.2 Å². The fraction of sp³-hybridized carbons (Fsp3) is 0.333. The molecule has 2 amide bonds. The lowest BCUT2D eigenvalue weighted by Crippen LogP contribution is -2.33. The smallest absolute Gasteiger partial charge is 0.325 e. The van der Waals surface area contributed by atoms with E-state index in [-0.39, 0.29) is 18.9 Å². The van der Waals surface area contributed by atoms with Crippen LogP contribution in [-0.4, -0.2) is 37.1 Å². The summed E-state index contributed by atoms with van der Waals surface area (Å²) in [6.07, 6.45) is 0. The first kappa shape index (κ1) is 12.3. The van der Waals surface area contributed by atoms with Gasteiger partial charge in [-0.25, -0.2) is 9.18 Å². The summed E-state index contributed by atoms with van der Waals surface area (Å²) >= 11 is 0. The van der Waals surface area contributed by atoms with Gasteiger partial charge >= 0.3 is 12.0 Å². The number of amides is 2. The van der Waals surface area contributed by atoms with E-state index in [0.717, 1.165) is 0 Å². The monoisotopic (exact) mass is 252 g/mol. The van der Waals surface area contributed by atoms with Crippen LogP contribution in [0, 0.1) is 5.82 Å². The van der Waals surface area contributed by atoms with Crippen molar-refractivity contribution in [2.24, 2.45) is 0 Å². The van der Waals surface area contributed by atoms with Gasteiger partial charge in [-0.05, 0) is 6.07 Å². The predicted molar refractivity (Wildman–Crippen MR) is 61.3 cm³/mol. The molecule has 2 rings (SSSR count). The number of methoxy groups -OCH3 is 1. The van der Waals surface area contributed by atoms with E-state index in [1.807, 2.05) is 0 Å². The van der Waals surface area contributed by atoms with Gasteiger partial charge in [-0.1, -0.05) is 18.2 Å². The standard InChI is InChI=1S/C12H13FN2O3/c1-18-11(16)7-15-6-10(14-12(15)17)8-4-2-3-5-9(8)13/h2-5,10H,6-7H2,1H3,(H,14,17). The first-order valence-corrected chi connectivity index (χ1v) is 5.48. The Labute approximate surface area is 104 Å². The molecule has 1 aliphatic heterocycles. The number of nitrogens with zero attached hydrogens (tertiary/aromatic N) is 1. The lowest BCUT2D eigenvalue weighted by Gasteiger charge is -2.13. The van der Waals surface area contributed by atoms with Crippen molar-refractivity contribution < 1.29 is 18.7 Å². The third-order valence-corrected chi connectivity index (χ3v) is 2.82. The van der Waals surface area contributed by atoms with E-state index in [1.54, 1.807) is 18.2 Å². The Morgan fingerprint density at radius 2 is 2.28 bits per heavy atom. The topological polar surface area (TPSA) is 58.6 Å². The zero-order valence-electron chi connectivity index (χ0n) is 9.85. The molecule has 1 aliphatic rings. The average Bonchev–Trinajstić information content (AvgIpc) is 2.71. The first-order valence-electron chi connectivity index (χ1n) is 5.48. The number of hydrogen-bond donors (Lipinski definition) is 1. The minimum Gasteiger partial charge on any atom is -0.468 e. The number of esters is 1. The third kappa shape index (κ3) is 2.42. The molecule has 1 saturated heterocycles. The zero-order chi connectivity index (χ0) is 13.1. The van der Waals surface area contributed by atoms with E-state index in [4.69, 9.17) is 0 Å². The molecule has 1 unspecified atom stereocenters. The summed E-state index contributed by atoms with van der Waals surface area (Å²) in [5, 5.41) is 2.63. The molecular formula is C12H13FN2O3. The number of hydrogen-bond acceptors (Lipinski definition) is 3. The molecule has 1 N–H and O–H groups in total. The van der Waals surface area contributed by atoms with Crippen LogP contribution in [0.25, 0.3) is 0 Å². The maximum atomic E-state index is 13.6. The highest BCUT2D eigenvalue weighted by Gasteiger charge is 2.32. The molecule has 1 aromatic rings. The van der Waals surface area contributed by atoms with Gasteiger partial charge in [0.25, 0.3) is 0 Å². The van der Waals surface area contributed by atoms with Crippen LogP contribution in [0.2, 0.25) is 0 Å². The van der Waals surface area contributed by atoms with Crippen LogP contribution in [0.3, 0.4) is 0 Å². The molecule has 1 heterocycles. The van der Waals surface area contributed by atoms with E-state index in [0.29, 0.717) is 5.56 Å². The van der Waals surface area contributed by atoms with E-state index < -0.39 is 18.0 Å². The van der Waals surface area contributed by atoms with Gasteiger partial charge in [0.15, 0.2) is 0 Å². The highest BCUT2D eigenvalue weighted by Crippen LogP contribution is 2.22. The molecule has 0 aromatic heterocycles. The van der Waals surface area contributed by atoms with E-state index in [1.165, 1.54) is 18.1 Å². The number of halogens is 1. The fourth-order valence-corrected chi connectivity index (χ4v) is 1.88. The Morgan fingerprint density at radius 3 is 2.94 bits per heavy atom. The van der Waals surface area contributed by atoms with Crippen molar-refractivity contribution in [3.8, 4) is 0 Å². The Hall–Kier alpha value is -2.11. The summed E-state index contributed by atoms with van der Waals surface area (Å²) in [5.74, 6) is -0.873. The zero-order valence-corrected chi connectivity index (χ0v) is 9.85. The lowest BCUT2D eigenvalue weighted by molar-refractivity contribution is -0.141. The lowest BCUT2D eigenvalue weighted by atomic mass is 10.1. The first-order chi connectivity index (χ1) is 8.61. The average molecular weight is 252 g/mol. The van der Waals surface area contributed by atoms with Gasteiger partial charge in [0.2, 0.25) is 0 Å². The molecule has 6 heteroatoms. The molecule has 0 aliphatic carbocycles. The van der Waals surface area contributed by atoms with Gasteiger partial charge in [0.05, 0.1) is 13.2 Å². The molecule has 18 heavy (non-hydrogen) atoms. The number of ether oxygens (including phenoxy) is 1. The number of benzene rings is 1. The van der Waals surface area contributed by atoms with Gasteiger partial charge in [0, 0.05) is 12.1 Å². The second-order valence-corrected chi connectivity index (χ2v) is 3.98. The Balaban J connectivity index is 2.09. The molecular weight excluding hydrogens is 239 g/mol. The summed E-state index contributed by atoms with van der Waals surface area (Å²) < 4.78 is 18.1. The number of rotatable bonds is 3.